The van der Waals surface area contributed by atoms with Gasteiger partial charge in [0, 0.05) is 11.3 Å². The number of carbonyl (C=O) groups is 1. The van der Waals surface area contributed by atoms with Gasteiger partial charge in [-0.05, 0) is 31.2 Å². The highest BCUT2D eigenvalue weighted by Crippen LogP contribution is 2.26. The maximum Gasteiger partial charge on any atom is 0.250 e. The number of hydrogen-bond acceptors (Lipinski definition) is 2. The van der Waals surface area contributed by atoms with Crippen LogP contribution in [0.25, 0.3) is 0 Å². The number of amides is 1. The van der Waals surface area contributed by atoms with Gasteiger partial charge in [-0.1, -0.05) is 23.7 Å². The molecule has 1 atom stereocenters. The fraction of sp³-hybridized carbons (Fsp3) is 0.133. The molecule has 0 radical (unpaired) electrons. The normalized spacial score (nSPS) is 12.0. The molecule has 3 N–H and O–H groups in total. The van der Waals surface area contributed by atoms with Gasteiger partial charge in [-0.15, -0.1) is 0 Å². The van der Waals surface area contributed by atoms with Crippen LogP contribution in [0.3, 0.4) is 0 Å². The molecule has 3 nitrogen and oxygen atoms in total. The number of nitrogens with one attached hydrogen (secondary N) is 1. The number of nitrogens with two attached hydrogens (primary N) is 1. The summed E-state index contributed by atoms with van der Waals surface area (Å²) in [7, 11) is 0. The number of benzene rings is 2. The summed E-state index contributed by atoms with van der Waals surface area (Å²) in [5, 5.41) is 3.18. The topological polar surface area (TPSA) is 55.1 Å². The van der Waals surface area contributed by atoms with Gasteiger partial charge in [0.05, 0.1) is 16.6 Å². The summed E-state index contributed by atoms with van der Waals surface area (Å²) < 4.78 is 26.9. The lowest BCUT2D eigenvalue weighted by atomic mass is 10.1. The quantitative estimate of drug-likeness (QED) is 0.900. The van der Waals surface area contributed by atoms with Gasteiger partial charge in [0.2, 0.25) is 5.91 Å². The van der Waals surface area contributed by atoms with Crippen molar-refractivity contribution < 1.29 is 13.6 Å². The SMILES string of the molecule is CC(Nc1ccc(C(N)=O)c(Cl)c1)c1cccc(F)c1F. The standard InChI is InChI=1S/C15H13ClF2N2O/c1-8(10-3-2-4-13(17)14(10)18)20-9-5-6-11(15(19)21)12(16)7-9/h2-8,20H,1H3,(H2,19,21). The highest BCUT2D eigenvalue weighted by atomic mass is 35.5. The van der Waals surface area contributed by atoms with Crippen molar-refractivity contribution in [1.29, 1.82) is 0 Å². The Hall–Kier alpha value is -2.14. The van der Waals surface area contributed by atoms with E-state index in [9.17, 15) is 13.6 Å². The van der Waals surface area contributed by atoms with Crippen molar-refractivity contribution >= 4 is 23.2 Å². The Balaban J connectivity index is 2.24. The van der Waals surface area contributed by atoms with E-state index in [2.05, 4.69) is 5.32 Å². The van der Waals surface area contributed by atoms with Gasteiger partial charge in [0.1, 0.15) is 0 Å². The molecule has 0 saturated carbocycles. The molecular formula is C15H13ClF2N2O. The molecule has 0 aliphatic carbocycles. The highest BCUT2D eigenvalue weighted by molar-refractivity contribution is 6.34. The molecule has 0 bridgehead atoms. The van der Waals surface area contributed by atoms with Gasteiger partial charge in [-0.2, -0.15) is 0 Å². The Bertz CT molecular complexity index is 691. The van der Waals surface area contributed by atoms with E-state index in [0.717, 1.165) is 6.07 Å². The number of primary amides is 1. The van der Waals surface area contributed by atoms with Crippen LogP contribution < -0.4 is 11.1 Å². The van der Waals surface area contributed by atoms with Crippen LogP contribution in [0.4, 0.5) is 14.5 Å². The average molecular weight is 311 g/mol. The van der Waals surface area contributed by atoms with Crippen molar-refractivity contribution in [3.8, 4) is 0 Å². The van der Waals surface area contributed by atoms with Crippen molar-refractivity contribution in [2.24, 2.45) is 5.73 Å². The first-order valence-electron chi connectivity index (χ1n) is 6.20. The first kappa shape index (κ1) is 15.3. The number of hydrogen-bond donors (Lipinski definition) is 2. The highest BCUT2D eigenvalue weighted by Gasteiger charge is 2.15. The van der Waals surface area contributed by atoms with Gasteiger partial charge in [0.15, 0.2) is 11.6 Å². The molecule has 0 aliphatic heterocycles. The third kappa shape index (κ3) is 3.31. The predicted octanol–water partition coefficient (Wildman–Crippen LogP) is 3.89. The van der Waals surface area contributed by atoms with Crippen LogP contribution >= 0.6 is 11.6 Å². The Labute approximate surface area is 125 Å². The number of halogens is 3. The molecule has 6 heteroatoms. The molecule has 0 aliphatic rings. The van der Waals surface area contributed by atoms with E-state index >= 15 is 0 Å². The summed E-state index contributed by atoms with van der Waals surface area (Å²) >= 11 is 5.94. The molecule has 0 spiro atoms. The largest absolute Gasteiger partial charge is 0.378 e. The van der Waals surface area contributed by atoms with Crippen LogP contribution in [0.5, 0.6) is 0 Å². The fourth-order valence-corrected chi connectivity index (χ4v) is 2.26. The summed E-state index contributed by atoms with van der Waals surface area (Å²) in [6.45, 7) is 1.69. The summed E-state index contributed by atoms with van der Waals surface area (Å²) in [6.07, 6.45) is 0. The second kappa shape index (κ2) is 6.10. The molecule has 21 heavy (non-hydrogen) atoms. The Kier molecular flexibility index (Phi) is 4.43. The molecule has 2 rings (SSSR count). The van der Waals surface area contributed by atoms with Gasteiger partial charge in [-0.25, -0.2) is 8.78 Å². The third-order valence-corrected chi connectivity index (χ3v) is 3.38. The van der Waals surface area contributed by atoms with Crippen molar-refractivity contribution in [2.75, 3.05) is 5.32 Å². The van der Waals surface area contributed by atoms with Crippen molar-refractivity contribution in [2.45, 2.75) is 13.0 Å². The minimum absolute atomic E-state index is 0.194. The van der Waals surface area contributed by atoms with E-state index in [1.807, 2.05) is 0 Å². The summed E-state index contributed by atoms with van der Waals surface area (Å²) in [5.74, 6) is -2.42. The van der Waals surface area contributed by atoms with Crippen LogP contribution in [0.1, 0.15) is 28.9 Å². The van der Waals surface area contributed by atoms with Crippen molar-refractivity contribution in [3.63, 3.8) is 0 Å². The van der Waals surface area contributed by atoms with Crippen LogP contribution in [-0.2, 0) is 0 Å². The molecule has 1 unspecified atom stereocenters. The molecule has 2 aromatic carbocycles. The molecule has 2 aromatic rings. The first-order chi connectivity index (χ1) is 9.90. The minimum Gasteiger partial charge on any atom is -0.378 e. The molecule has 1 amide bonds. The van der Waals surface area contributed by atoms with E-state index in [0.29, 0.717) is 5.69 Å². The lowest BCUT2D eigenvalue weighted by Gasteiger charge is -2.17. The van der Waals surface area contributed by atoms with Crippen molar-refractivity contribution in [3.05, 3.63) is 64.2 Å². The molecule has 0 fully saturated rings. The van der Waals surface area contributed by atoms with Crippen LogP contribution in [0.2, 0.25) is 5.02 Å². The third-order valence-electron chi connectivity index (χ3n) is 3.07. The summed E-state index contributed by atoms with van der Waals surface area (Å²) in [6, 6.07) is 8.10. The molecule has 0 saturated heterocycles. The zero-order valence-corrected chi connectivity index (χ0v) is 11.9. The van der Waals surface area contributed by atoms with Crippen LogP contribution in [0.15, 0.2) is 36.4 Å². The molecule has 0 heterocycles. The zero-order chi connectivity index (χ0) is 15.6. The van der Waals surface area contributed by atoms with E-state index in [-0.39, 0.29) is 16.1 Å². The second-order valence-electron chi connectivity index (χ2n) is 4.57. The lowest BCUT2D eigenvalue weighted by molar-refractivity contribution is 0.100. The monoisotopic (exact) mass is 310 g/mol. The maximum absolute atomic E-state index is 13.7. The van der Waals surface area contributed by atoms with Gasteiger partial charge < -0.3 is 11.1 Å². The van der Waals surface area contributed by atoms with Gasteiger partial charge >= 0.3 is 0 Å². The van der Waals surface area contributed by atoms with E-state index in [4.69, 9.17) is 17.3 Å². The smallest absolute Gasteiger partial charge is 0.250 e. The van der Waals surface area contributed by atoms with E-state index < -0.39 is 23.6 Å². The zero-order valence-electron chi connectivity index (χ0n) is 11.2. The molecule has 110 valence electrons. The number of carbonyl (C=O) groups excluding carboxylic acids is 1. The van der Waals surface area contributed by atoms with Gasteiger partial charge in [-0.3, -0.25) is 4.79 Å². The Morgan fingerprint density at radius 3 is 2.62 bits per heavy atom. The lowest BCUT2D eigenvalue weighted by Crippen LogP contribution is -2.13. The minimum atomic E-state index is -0.900. The fourth-order valence-electron chi connectivity index (χ4n) is 1.99. The van der Waals surface area contributed by atoms with Crippen LogP contribution in [0, 0.1) is 11.6 Å². The predicted molar refractivity (Wildman–Crippen MR) is 78.4 cm³/mol. The average Bonchev–Trinajstić information content (AvgIpc) is 2.41. The van der Waals surface area contributed by atoms with E-state index in [1.165, 1.54) is 24.3 Å². The Morgan fingerprint density at radius 1 is 1.29 bits per heavy atom. The molecule has 0 aromatic heterocycles. The number of rotatable bonds is 4. The maximum atomic E-state index is 13.7. The summed E-state index contributed by atoms with van der Waals surface area (Å²) in [4.78, 5) is 11.1. The van der Waals surface area contributed by atoms with Crippen molar-refractivity contribution in [1.82, 2.24) is 0 Å². The van der Waals surface area contributed by atoms with E-state index in [1.54, 1.807) is 13.0 Å². The molecular weight excluding hydrogens is 298 g/mol. The first-order valence-corrected chi connectivity index (χ1v) is 6.57. The summed E-state index contributed by atoms with van der Waals surface area (Å²) in [5.41, 5.74) is 6.13. The van der Waals surface area contributed by atoms with Crippen LogP contribution in [-0.4, -0.2) is 5.91 Å². The number of anilines is 1. The second-order valence-corrected chi connectivity index (χ2v) is 4.98. The Morgan fingerprint density at radius 2 is 2.00 bits per heavy atom. The van der Waals surface area contributed by atoms with Gasteiger partial charge in [0.25, 0.3) is 0 Å².